The first kappa shape index (κ1) is 17.0. The molecule has 2 aromatic carbocycles. The van der Waals surface area contributed by atoms with Gasteiger partial charge < -0.3 is 19.7 Å². The highest BCUT2D eigenvalue weighted by atomic mass is 35.5. The Hall–Kier alpha value is -2.40. The van der Waals surface area contributed by atoms with Gasteiger partial charge in [0.2, 0.25) is 0 Å². The molecule has 1 aliphatic heterocycles. The molecule has 2 aliphatic rings. The molecule has 26 heavy (non-hydrogen) atoms. The maximum absolute atomic E-state index is 13.1. The van der Waals surface area contributed by atoms with Gasteiger partial charge in [-0.1, -0.05) is 23.7 Å². The van der Waals surface area contributed by atoms with Crippen molar-refractivity contribution in [3.8, 4) is 11.5 Å². The number of rotatable bonds is 5. The minimum absolute atomic E-state index is 0.0525. The molecule has 0 spiro atoms. The number of halogens is 1. The van der Waals surface area contributed by atoms with E-state index < -0.39 is 0 Å². The number of amides is 1. The lowest BCUT2D eigenvalue weighted by molar-refractivity contribution is 0.0666. The van der Waals surface area contributed by atoms with Gasteiger partial charge in [-0.2, -0.15) is 0 Å². The Balaban J connectivity index is 1.80. The van der Waals surface area contributed by atoms with E-state index >= 15 is 0 Å². The number of hydrogen-bond donors (Lipinski definition) is 1. The molecule has 6 heteroatoms. The van der Waals surface area contributed by atoms with Gasteiger partial charge in [0.15, 0.2) is 11.5 Å². The van der Waals surface area contributed by atoms with Gasteiger partial charge in [-0.15, -0.1) is 0 Å². The molecule has 0 unspecified atom stereocenters. The van der Waals surface area contributed by atoms with Gasteiger partial charge in [-0.3, -0.25) is 4.79 Å². The van der Waals surface area contributed by atoms with E-state index in [-0.39, 0.29) is 18.1 Å². The van der Waals surface area contributed by atoms with Gasteiger partial charge >= 0.3 is 0 Å². The number of fused-ring (bicyclic) bond motifs is 1. The van der Waals surface area contributed by atoms with Crippen molar-refractivity contribution in [2.24, 2.45) is 0 Å². The molecule has 0 bridgehead atoms. The molecule has 2 aromatic rings. The lowest BCUT2D eigenvalue weighted by Gasteiger charge is -2.38. The molecule has 1 aliphatic carbocycles. The maximum atomic E-state index is 13.1. The summed E-state index contributed by atoms with van der Waals surface area (Å²) < 4.78 is 11.1. The summed E-state index contributed by atoms with van der Waals surface area (Å²) in [6.07, 6.45) is 1.76. The van der Waals surface area contributed by atoms with Crippen LogP contribution in [0, 0.1) is 0 Å². The summed E-state index contributed by atoms with van der Waals surface area (Å²) in [7, 11) is 1.57. The number of anilines is 1. The van der Waals surface area contributed by atoms with E-state index in [1.807, 2.05) is 48.2 Å². The highest BCUT2D eigenvalue weighted by molar-refractivity contribution is 6.32. The smallest absolute Gasteiger partial charge is 0.258 e. The topological polar surface area (TPSA) is 50.8 Å². The van der Waals surface area contributed by atoms with E-state index in [2.05, 4.69) is 5.32 Å². The SMILES string of the molecule is CCOc1cc([C@@H]2Nc3ccccc3C(=O)N2C2CC2)cc(Cl)c1OC. The number of ether oxygens (including phenoxy) is 2. The van der Waals surface area contributed by atoms with Gasteiger partial charge in [0.1, 0.15) is 6.17 Å². The summed E-state index contributed by atoms with van der Waals surface area (Å²) >= 11 is 6.43. The quantitative estimate of drug-likeness (QED) is 0.840. The minimum Gasteiger partial charge on any atom is -0.491 e. The summed E-state index contributed by atoms with van der Waals surface area (Å²) in [5.74, 6) is 1.15. The number of hydrogen-bond acceptors (Lipinski definition) is 4. The monoisotopic (exact) mass is 372 g/mol. The average molecular weight is 373 g/mol. The summed E-state index contributed by atoms with van der Waals surface area (Å²) in [6.45, 7) is 2.41. The van der Waals surface area contributed by atoms with Crippen LogP contribution in [0.15, 0.2) is 36.4 Å². The Morgan fingerprint density at radius 2 is 2.04 bits per heavy atom. The van der Waals surface area contributed by atoms with Crippen molar-refractivity contribution in [3.05, 3.63) is 52.5 Å². The highest BCUT2D eigenvalue weighted by Crippen LogP contribution is 2.44. The molecule has 5 nitrogen and oxygen atoms in total. The largest absolute Gasteiger partial charge is 0.491 e. The number of nitrogens with zero attached hydrogens (tertiary/aromatic N) is 1. The third-order valence-electron chi connectivity index (χ3n) is 4.75. The van der Waals surface area contributed by atoms with Crippen LogP contribution in [0.3, 0.4) is 0 Å². The average Bonchev–Trinajstić information content (AvgIpc) is 3.46. The van der Waals surface area contributed by atoms with Crippen LogP contribution in [0.5, 0.6) is 11.5 Å². The van der Waals surface area contributed by atoms with Gasteiger partial charge in [0, 0.05) is 17.3 Å². The third-order valence-corrected chi connectivity index (χ3v) is 5.03. The third kappa shape index (κ3) is 2.86. The van der Waals surface area contributed by atoms with E-state index in [1.165, 1.54) is 0 Å². The van der Waals surface area contributed by atoms with Crippen molar-refractivity contribution in [2.75, 3.05) is 19.0 Å². The summed E-state index contributed by atoms with van der Waals surface area (Å²) in [6, 6.07) is 11.6. The molecule has 1 amide bonds. The standard InChI is InChI=1S/C20H21ClN2O3/c1-3-26-17-11-12(10-15(21)18(17)25-2)19-22-16-7-5-4-6-14(16)20(24)23(19)13-8-9-13/h4-7,10-11,13,19,22H,3,8-9H2,1-2H3/t19-/m1/s1. The predicted octanol–water partition coefficient (Wildman–Crippen LogP) is 4.48. The zero-order valence-electron chi connectivity index (χ0n) is 14.8. The van der Waals surface area contributed by atoms with E-state index in [1.54, 1.807) is 7.11 Å². The fourth-order valence-electron chi connectivity index (χ4n) is 3.45. The van der Waals surface area contributed by atoms with Crippen molar-refractivity contribution >= 4 is 23.2 Å². The lowest BCUT2D eigenvalue weighted by atomic mass is 10.0. The van der Waals surface area contributed by atoms with Gasteiger partial charge in [-0.05, 0) is 44.0 Å². The highest BCUT2D eigenvalue weighted by Gasteiger charge is 2.42. The zero-order chi connectivity index (χ0) is 18.3. The summed E-state index contributed by atoms with van der Waals surface area (Å²) in [4.78, 5) is 15.0. The normalized spacial score (nSPS) is 19.0. The number of para-hydroxylation sites is 1. The van der Waals surface area contributed by atoms with Crippen molar-refractivity contribution < 1.29 is 14.3 Å². The van der Waals surface area contributed by atoms with E-state index in [0.717, 1.165) is 24.1 Å². The van der Waals surface area contributed by atoms with Crippen LogP contribution in [0.4, 0.5) is 5.69 Å². The Morgan fingerprint density at radius 3 is 2.73 bits per heavy atom. The lowest BCUT2D eigenvalue weighted by Crippen LogP contribution is -2.44. The van der Waals surface area contributed by atoms with Crippen LogP contribution < -0.4 is 14.8 Å². The summed E-state index contributed by atoms with van der Waals surface area (Å²) in [5, 5.41) is 3.97. The molecule has 4 rings (SSSR count). The molecule has 1 atom stereocenters. The Bertz CT molecular complexity index is 851. The van der Waals surface area contributed by atoms with Gasteiger partial charge in [-0.25, -0.2) is 0 Å². The van der Waals surface area contributed by atoms with Crippen LogP contribution >= 0.6 is 11.6 Å². The van der Waals surface area contributed by atoms with Crippen molar-refractivity contribution in [3.63, 3.8) is 0 Å². The van der Waals surface area contributed by atoms with Crippen LogP contribution in [-0.2, 0) is 0 Å². The van der Waals surface area contributed by atoms with Gasteiger partial charge in [0.25, 0.3) is 5.91 Å². The van der Waals surface area contributed by atoms with E-state index in [9.17, 15) is 4.79 Å². The van der Waals surface area contributed by atoms with Crippen molar-refractivity contribution in [1.29, 1.82) is 0 Å². The van der Waals surface area contributed by atoms with Crippen LogP contribution in [0.2, 0.25) is 5.02 Å². The van der Waals surface area contributed by atoms with E-state index in [4.69, 9.17) is 21.1 Å². The Kier molecular flexibility index (Phi) is 4.41. The number of carbonyl (C=O) groups excluding carboxylic acids is 1. The van der Waals surface area contributed by atoms with Crippen molar-refractivity contribution in [1.82, 2.24) is 4.90 Å². The number of nitrogens with one attached hydrogen (secondary N) is 1. The first-order chi connectivity index (χ1) is 12.6. The second-order valence-corrected chi connectivity index (χ2v) is 6.91. The van der Waals surface area contributed by atoms with Gasteiger partial charge in [0.05, 0.1) is 24.3 Å². The molecule has 0 saturated heterocycles. The predicted molar refractivity (Wildman–Crippen MR) is 101 cm³/mol. The first-order valence-corrected chi connectivity index (χ1v) is 9.20. The maximum Gasteiger partial charge on any atom is 0.258 e. The number of carbonyl (C=O) groups is 1. The Labute approximate surface area is 157 Å². The molecule has 0 radical (unpaired) electrons. The van der Waals surface area contributed by atoms with Crippen molar-refractivity contribution in [2.45, 2.75) is 32.0 Å². The van der Waals surface area contributed by atoms with Crippen LogP contribution in [0.1, 0.15) is 41.9 Å². The number of methoxy groups -OCH3 is 1. The second-order valence-electron chi connectivity index (χ2n) is 6.50. The fourth-order valence-corrected chi connectivity index (χ4v) is 3.75. The molecule has 1 heterocycles. The van der Waals surface area contributed by atoms with Crippen LogP contribution in [-0.4, -0.2) is 30.6 Å². The van der Waals surface area contributed by atoms with Crippen LogP contribution in [0.25, 0.3) is 0 Å². The zero-order valence-corrected chi connectivity index (χ0v) is 15.5. The number of benzene rings is 2. The molecule has 136 valence electrons. The second kappa shape index (κ2) is 6.72. The minimum atomic E-state index is -0.285. The molecule has 1 saturated carbocycles. The van der Waals surface area contributed by atoms with E-state index in [0.29, 0.717) is 28.7 Å². The molecular formula is C20H21ClN2O3. The fraction of sp³-hybridized carbons (Fsp3) is 0.350. The Morgan fingerprint density at radius 1 is 1.27 bits per heavy atom. The molecule has 0 aromatic heterocycles. The molecule has 1 N–H and O–H groups in total. The first-order valence-electron chi connectivity index (χ1n) is 8.82. The summed E-state index contributed by atoms with van der Waals surface area (Å²) in [5.41, 5.74) is 2.43. The molecular weight excluding hydrogens is 352 g/mol. The molecule has 1 fully saturated rings.